The van der Waals surface area contributed by atoms with E-state index in [1.54, 1.807) is 12.3 Å². The number of aromatic nitrogens is 3. The number of ether oxygens (including phenoxy) is 1. The van der Waals surface area contributed by atoms with Gasteiger partial charge in [0.2, 0.25) is 0 Å². The fraction of sp³-hybridized carbons (Fsp3) is 0.500. The Balaban J connectivity index is 2.12. The van der Waals surface area contributed by atoms with Crippen LogP contribution in [0, 0.1) is 0 Å². The van der Waals surface area contributed by atoms with Crippen LogP contribution in [0.15, 0.2) is 23.4 Å². The molecule has 20 heavy (non-hydrogen) atoms. The van der Waals surface area contributed by atoms with Gasteiger partial charge >= 0.3 is 0 Å². The standard InChI is InChI=1S/C12H15N3O5/c1-12(19)8(17)7(4-16)20-11(12)15-3-2-6-9(15)13-5-14-10(6)18/h2-3,5,7-8,11,16-17,19H,4H2,1H3,(H,13,14,18). The number of hydrogen-bond acceptors (Lipinski definition) is 6. The number of aliphatic hydroxyl groups excluding tert-OH is 2. The Hall–Kier alpha value is -1.74. The molecular weight excluding hydrogens is 266 g/mol. The summed E-state index contributed by atoms with van der Waals surface area (Å²) >= 11 is 0. The molecule has 1 aliphatic heterocycles. The molecule has 0 radical (unpaired) electrons. The summed E-state index contributed by atoms with van der Waals surface area (Å²) in [6.45, 7) is 0.998. The van der Waals surface area contributed by atoms with Crippen LogP contribution in [0.2, 0.25) is 0 Å². The SMILES string of the molecule is CC1(O)C(O)C(CO)OC1n1ccc2c(=O)[nH]cnc21. The van der Waals surface area contributed by atoms with Crippen LogP contribution in [0.1, 0.15) is 13.2 Å². The molecule has 8 heteroatoms. The highest BCUT2D eigenvalue weighted by Crippen LogP contribution is 2.39. The van der Waals surface area contributed by atoms with Crippen LogP contribution in [0.5, 0.6) is 0 Å². The van der Waals surface area contributed by atoms with E-state index in [1.165, 1.54) is 17.8 Å². The highest BCUT2D eigenvalue weighted by Gasteiger charge is 2.53. The molecule has 3 rings (SSSR count). The summed E-state index contributed by atoms with van der Waals surface area (Å²) in [4.78, 5) is 18.2. The van der Waals surface area contributed by atoms with Gasteiger partial charge in [-0.2, -0.15) is 0 Å². The first kappa shape index (κ1) is 13.3. The summed E-state index contributed by atoms with van der Waals surface area (Å²) in [7, 11) is 0. The number of nitrogens with zero attached hydrogens (tertiary/aromatic N) is 2. The van der Waals surface area contributed by atoms with Gasteiger partial charge in [0.1, 0.15) is 23.5 Å². The minimum absolute atomic E-state index is 0.300. The Labute approximate surface area is 113 Å². The Kier molecular flexibility index (Phi) is 2.91. The average molecular weight is 281 g/mol. The lowest BCUT2D eigenvalue weighted by Crippen LogP contribution is -2.44. The molecule has 0 aromatic carbocycles. The third kappa shape index (κ3) is 1.70. The topological polar surface area (TPSA) is 121 Å². The fourth-order valence-electron chi connectivity index (χ4n) is 2.56. The lowest BCUT2D eigenvalue weighted by atomic mass is 9.96. The summed E-state index contributed by atoms with van der Waals surface area (Å²) in [5, 5.41) is 29.9. The minimum atomic E-state index is -1.61. The molecule has 0 amide bonds. The quantitative estimate of drug-likeness (QED) is 0.544. The fourth-order valence-corrected chi connectivity index (χ4v) is 2.56. The Morgan fingerprint density at radius 2 is 2.35 bits per heavy atom. The third-order valence-electron chi connectivity index (χ3n) is 3.70. The van der Waals surface area contributed by atoms with E-state index in [2.05, 4.69) is 9.97 Å². The molecule has 4 unspecified atom stereocenters. The van der Waals surface area contributed by atoms with Crippen molar-refractivity contribution in [1.29, 1.82) is 0 Å². The van der Waals surface area contributed by atoms with Crippen LogP contribution in [-0.2, 0) is 4.74 Å². The Morgan fingerprint density at radius 1 is 1.60 bits per heavy atom. The van der Waals surface area contributed by atoms with Gasteiger partial charge in [-0.05, 0) is 13.0 Å². The van der Waals surface area contributed by atoms with Gasteiger partial charge in [-0.25, -0.2) is 4.98 Å². The first-order valence-corrected chi connectivity index (χ1v) is 6.17. The molecule has 0 spiro atoms. The van der Waals surface area contributed by atoms with Gasteiger partial charge < -0.3 is 29.6 Å². The van der Waals surface area contributed by atoms with Crippen molar-refractivity contribution in [3.63, 3.8) is 0 Å². The van der Waals surface area contributed by atoms with Crippen molar-refractivity contribution in [3.05, 3.63) is 28.9 Å². The molecule has 1 aliphatic rings. The van der Waals surface area contributed by atoms with Gasteiger partial charge in [-0.1, -0.05) is 0 Å². The van der Waals surface area contributed by atoms with Crippen molar-refractivity contribution in [3.8, 4) is 0 Å². The van der Waals surface area contributed by atoms with Gasteiger partial charge in [0, 0.05) is 6.20 Å². The van der Waals surface area contributed by atoms with Crippen molar-refractivity contribution in [2.45, 2.75) is 31.0 Å². The van der Waals surface area contributed by atoms with E-state index < -0.39 is 30.6 Å². The van der Waals surface area contributed by atoms with E-state index >= 15 is 0 Å². The molecule has 1 fully saturated rings. The average Bonchev–Trinajstić information content (AvgIpc) is 2.92. The molecule has 0 bridgehead atoms. The number of fused-ring (bicyclic) bond motifs is 1. The maximum Gasteiger partial charge on any atom is 0.260 e. The minimum Gasteiger partial charge on any atom is -0.394 e. The molecule has 1 saturated heterocycles. The zero-order valence-electron chi connectivity index (χ0n) is 10.7. The lowest BCUT2D eigenvalue weighted by Gasteiger charge is -2.27. The zero-order valence-corrected chi connectivity index (χ0v) is 10.7. The molecule has 8 nitrogen and oxygen atoms in total. The summed E-state index contributed by atoms with van der Waals surface area (Å²) in [5.41, 5.74) is -1.57. The van der Waals surface area contributed by atoms with Gasteiger partial charge in [0.05, 0.1) is 18.3 Å². The second kappa shape index (κ2) is 4.38. The maximum absolute atomic E-state index is 11.7. The van der Waals surface area contributed by atoms with Gasteiger partial charge in [0.25, 0.3) is 5.56 Å². The summed E-state index contributed by atoms with van der Waals surface area (Å²) < 4.78 is 6.97. The highest BCUT2D eigenvalue weighted by molar-refractivity contribution is 5.74. The van der Waals surface area contributed by atoms with Crippen molar-refractivity contribution in [2.24, 2.45) is 0 Å². The number of aliphatic hydroxyl groups is 3. The number of H-pyrrole nitrogens is 1. The molecule has 3 heterocycles. The normalized spacial score (nSPS) is 33.9. The van der Waals surface area contributed by atoms with Crippen molar-refractivity contribution in [2.75, 3.05) is 6.61 Å². The highest BCUT2D eigenvalue weighted by atomic mass is 16.6. The molecule has 0 aliphatic carbocycles. The van der Waals surface area contributed by atoms with Crippen LogP contribution in [-0.4, -0.2) is 54.3 Å². The predicted molar refractivity (Wildman–Crippen MR) is 68.0 cm³/mol. The van der Waals surface area contributed by atoms with Crippen molar-refractivity contribution in [1.82, 2.24) is 14.5 Å². The summed E-state index contributed by atoms with van der Waals surface area (Å²) in [6, 6.07) is 1.55. The second-order valence-corrected chi connectivity index (χ2v) is 5.07. The largest absolute Gasteiger partial charge is 0.394 e. The van der Waals surface area contributed by atoms with Crippen LogP contribution < -0.4 is 5.56 Å². The van der Waals surface area contributed by atoms with Gasteiger partial charge in [0.15, 0.2) is 6.23 Å². The first-order chi connectivity index (χ1) is 9.46. The summed E-state index contributed by atoms with van der Waals surface area (Å²) in [5.74, 6) is 0. The van der Waals surface area contributed by atoms with Gasteiger partial charge in [-0.15, -0.1) is 0 Å². The third-order valence-corrected chi connectivity index (χ3v) is 3.70. The number of rotatable bonds is 2. The van der Waals surface area contributed by atoms with Crippen LogP contribution in [0.4, 0.5) is 0 Å². The predicted octanol–water partition coefficient (Wildman–Crippen LogP) is -1.27. The lowest BCUT2D eigenvalue weighted by molar-refractivity contribution is -0.0948. The maximum atomic E-state index is 11.7. The molecule has 2 aromatic heterocycles. The van der Waals surface area contributed by atoms with Crippen LogP contribution in [0.3, 0.4) is 0 Å². The number of aromatic amines is 1. The molecule has 2 aromatic rings. The molecule has 4 atom stereocenters. The Morgan fingerprint density at radius 3 is 3.00 bits per heavy atom. The summed E-state index contributed by atoms with van der Waals surface area (Å²) in [6.07, 6.45) is -0.267. The van der Waals surface area contributed by atoms with Crippen molar-refractivity contribution < 1.29 is 20.1 Å². The second-order valence-electron chi connectivity index (χ2n) is 5.07. The molecule has 0 saturated carbocycles. The van der Waals surface area contributed by atoms with E-state index in [0.29, 0.717) is 11.0 Å². The number of hydrogen-bond donors (Lipinski definition) is 4. The van der Waals surface area contributed by atoms with E-state index in [4.69, 9.17) is 9.84 Å². The van der Waals surface area contributed by atoms with E-state index in [1.807, 2.05) is 0 Å². The molecular formula is C12H15N3O5. The van der Waals surface area contributed by atoms with Crippen LogP contribution >= 0.6 is 0 Å². The van der Waals surface area contributed by atoms with Crippen LogP contribution in [0.25, 0.3) is 11.0 Å². The number of nitrogens with one attached hydrogen (secondary N) is 1. The van der Waals surface area contributed by atoms with Crippen molar-refractivity contribution >= 4 is 11.0 Å². The van der Waals surface area contributed by atoms with E-state index in [9.17, 15) is 15.0 Å². The first-order valence-electron chi connectivity index (χ1n) is 6.17. The smallest absolute Gasteiger partial charge is 0.260 e. The van der Waals surface area contributed by atoms with Gasteiger partial charge in [-0.3, -0.25) is 4.79 Å². The molecule has 108 valence electrons. The molecule has 4 N–H and O–H groups in total. The van der Waals surface area contributed by atoms with E-state index in [0.717, 1.165) is 0 Å². The zero-order chi connectivity index (χ0) is 14.5. The Bertz CT molecular complexity index is 692. The van der Waals surface area contributed by atoms with E-state index in [-0.39, 0.29) is 5.56 Å². The monoisotopic (exact) mass is 281 g/mol.